The molecular weight excluding hydrogens is 256 g/mol. The third-order valence-electron chi connectivity index (χ3n) is 3.62. The first-order valence-electron chi connectivity index (χ1n) is 8.17. The molecule has 0 aromatic heterocycles. The fraction of sp³-hybridized carbons (Fsp3) is 0.938. The molecule has 0 heterocycles. The Kier molecular flexibility index (Phi) is 14.3. The predicted octanol–water partition coefficient (Wildman–Crippen LogP) is 3.50. The summed E-state index contributed by atoms with van der Waals surface area (Å²) in [6, 6.07) is 0. The molecule has 0 fully saturated rings. The van der Waals surface area contributed by atoms with Crippen molar-refractivity contribution in [2.45, 2.75) is 89.6 Å². The SMILES string of the molecule is O=C(O)CCCCCCCCCC(O)CCCCCO. The van der Waals surface area contributed by atoms with Gasteiger partial charge in [0.25, 0.3) is 0 Å². The molecule has 0 spiro atoms. The van der Waals surface area contributed by atoms with Crippen LogP contribution >= 0.6 is 0 Å². The molecule has 0 saturated heterocycles. The number of aliphatic hydroxyl groups excluding tert-OH is 2. The lowest BCUT2D eigenvalue weighted by molar-refractivity contribution is -0.137. The molecular formula is C16H32O4. The number of carboxylic acids is 1. The molecule has 120 valence electrons. The fourth-order valence-electron chi connectivity index (χ4n) is 2.35. The summed E-state index contributed by atoms with van der Waals surface area (Å²) in [4.78, 5) is 10.3. The zero-order valence-corrected chi connectivity index (χ0v) is 12.7. The van der Waals surface area contributed by atoms with Crippen LogP contribution in [-0.2, 0) is 4.79 Å². The highest BCUT2D eigenvalue weighted by Gasteiger charge is 2.03. The van der Waals surface area contributed by atoms with E-state index in [2.05, 4.69) is 0 Å². The molecule has 4 nitrogen and oxygen atoms in total. The summed E-state index contributed by atoms with van der Waals surface area (Å²) in [6.45, 7) is 0.253. The molecule has 3 N–H and O–H groups in total. The minimum atomic E-state index is -0.696. The van der Waals surface area contributed by atoms with E-state index in [1.807, 2.05) is 0 Å². The summed E-state index contributed by atoms with van der Waals surface area (Å²) >= 11 is 0. The van der Waals surface area contributed by atoms with Crippen LogP contribution in [0.1, 0.15) is 83.5 Å². The van der Waals surface area contributed by atoms with Gasteiger partial charge in [0.1, 0.15) is 0 Å². The van der Waals surface area contributed by atoms with E-state index in [0.29, 0.717) is 6.42 Å². The van der Waals surface area contributed by atoms with E-state index in [9.17, 15) is 9.90 Å². The molecule has 1 atom stereocenters. The number of carboxylic acid groups (broad SMARTS) is 1. The van der Waals surface area contributed by atoms with Gasteiger partial charge in [0.15, 0.2) is 0 Å². The summed E-state index contributed by atoms with van der Waals surface area (Å²) in [5.74, 6) is -0.696. The highest BCUT2D eigenvalue weighted by molar-refractivity contribution is 5.66. The van der Waals surface area contributed by atoms with Crippen LogP contribution < -0.4 is 0 Å². The van der Waals surface area contributed by atoms with Crippen LogP contribution in [0.15, 0.2) is 0 Å². The van der Waals surface area contributed by atoms with Crippen molar-refractivity contribution in [3.8, 4) is 0 Å². The van der Waals surface area contributed by atoms with Gasteiger partial charge in [-0.2, -0.15) is 0 Å². The summed E-state index contributed by atoms with van der Waals surface area (Å²) in [7, 11) is 0. The number of hydrogen-bond acceptors (Lipinski definition) is 3. The van der Waals surface area contributed by atoms with Gasteiger partial charge >= 0.3 is 5.97 Å². The quantitative estimate of drug-likeness (QED) is 0.403. The van der Waals surface area contributed by atoms with Crippen LogP contribution in [0.2, 0.25) is 0 Å². The van der Waals surface area contributed by atoms with E-state index in [-0.39, 0.29) is 12.7 Å². The van der Waals surface area contributed by atoms with Crippen LogP contribution in [0, 0.1) is 0 Å². The van der Waals surface area contributed by atoms with Crippen LogP contribution in [-0.4, -0.2) is 34.0 Å². The van der Waals surface area contributed by atoms with Gasteiger partial charge in [0.05, 0.1) is 6.10 Å². The van der Waals surface area contributed by atoms with Crippen molar-refractivity contribution in [2.75, 3.05) is 6.61 Å². The van der Waals surface area contributed by atoms with Crippen molar-refractivity contribution in [3.63, 3.8) is 0 Å². The standard InChI is InChI=1S/C16H32O4/c17-14-10-6-8-12-15(18)11-7-4-2-1-3-5-9-13-16(19)20/h15,17-18H,1-14H2,(H,19,20). The Bertz CT molecular complexity index is 219. The van der Waals surface area contributed by atoms with E-state index in [1.54, 1.807) is 0 Å². The van der Waals surface area contributed by atoms with Gasteiger partial charge in [-0.05, 0) is 25.7 Å². The van der Waals surface area contributed by atoms with E-state index in [0.717, 1.165) is 64.2 Å². The molecule has 20 heavy (non-hydrogen) atoms. The summed E-state index contributed by atoms with van der Waals surface area (Å²) in [6.07, 6.45) is 12.2. The molecule has 0 saturated carbocycles. The second-order valence-electron chi connectivity index (χ2n) is 5.63. The Balaban J connectivity index is 3.13. The Morgan fingerprint density at radius 1 is 0.750 bits per heavy atom. The van der Waals surface area contributed by atoms with Crippen molar-refractivity contribution in [1.29, 1.82) is 0 Å². The van der Waals surface area contributed by atoms with Crippen molar-refractivity contribution < 1.29 is 20.1 Å². The zero-order valence-electron chi connectivity index (χ0n) is 12.7. The number of hydrogen-bond donors (Lipinski definition) is 3. The van der Waals surface area contributed by atoms with Gasteiger partial charge < -0.3 is 15.3 Å². The second kappa shape index (κ2) is 14.8. The van der Waals surface area contributed by atoms with Crippen LogP contribution in [0.25, 0.3) is 0 Å². The van der Waals surface area contributed by atoms with Crippen LogP contribution in [0.4, 0.5) is 0 Å². The minimum absolute atomic E-state index is 0.177. The summed E-state index contributed by atoms with van der Waals surface area (Å²) in [5.41, 5.74) is 0. The Hall–Kier alpha value is -0.610. The largest absolute Gasteiger partial charge is 0.481 e. The lowest BCUT2D eigenvalue weighted by Crippen LogP contribution is -2.06. The average Bonchev–Trinajstić information content (AvgIpc) is 2.41. The molecule has 0 aromatic carbocycles. The van der Waals surface area contributed by atoms with Gasteiger partial charge in [-0.15, -0.1) is 0 Å². The van der Waals surface area contributed by atoms with E-state index >= 15 is 0 Å². The molecule has 0 bridgehead atoms. The molecule has 1 unspecified atom stereocenters. The minimum Gasteiger partial charge on any atom is -0.481 e. The van der Waals surface area contributed by atoms with Gasteiger partial charge in [-0.1, -0.05) is 51.4 Å². The normalized spacial score (nSPS) is 12.5. The monoisotopic (exact) mass is 288 g/mol. The number of carbonyl (C=O) groups is 1. The Labute approximate surface area is 123 Å². The molecule has 0 rings (SSSR count). The zero-order chi connectivity index (χ0) is 15.1. The lowest BCUT2D eigenvalue weighted by Gasteiger charge is -2.09. The molecule has 4 heteroatoms. The maximum absolute atomic E-state index is 10.3. The first-order valence-corrected chi connectivity index (χ1v) is 8.17. The van der Waals surface area contributed by atoms with E-state index in [1.165, 1.54) is 12.8 Å². The third kappa shape index (κ3) is 15.4. The van der Waals surface area contributed by atoms with Crippen molar-refractivity contribution >= 4 is 5.97 Å². The number of aliphatic hydroxyl groups is 2. The van der Waals surface area contributed by atoms with Crippen LogP contribution in [0.5, 0.6) is 0 Å². The highest BCUT2D eigenvalue weighted by Crippen LogP contribution is 2.13. The summed E-state index contributed by atoms with van der Waals surface area (Å²) < 4.78 is 0. The molecule has 0 aromatic rings. The molecule has 0 radical (unpaired) electrons. The van der Waals surface area contributed by atoms with Gasteiger partial charge in [-0.3, -0.25) is 4.79 Å². The van der Waals surface area contributed by atoms with Crippen molar-refractivity contribution in [3.05, 3.63) is 0 Å². The molecule has 0 aliphatic carbocycles. The maximum Gasteiger partial charge on any atom is 0.303 e. The van der Waals surface area contributed by atoms with Crippen LogP contribution in [0.3, 0.4) is 0 Å². The first-order chi connectivity index (χ1) is 9.66. The number of unbranched alkanes of at least 4 members (excludes halogenated alkanes) is 8. The topological polar surface area (TPSA) is 77.8 Å². The predicted molar refractivity (Wildman–Crippen MR) is 80.7 cm³/mol. The average molecular weight is 288 g/mol. The smallest absolute Gasteiger partial charge is 0.303 e. The highest BCUT2D eigenvalue weighted by atomic mass is 16.4. The Morgan fingerprint density at radius 2 is 1.20 bits per heavy atom. The van der Waals surface area contributed by atoms with E-state index < -0.39 is 5.97 Å². The van der Waals surface area contributed by atoms with Crippen molar-refractivity contribution in [1.82, 2.24) is 0 Å². The first kappa shape index (κ1) is 19.4. The van der Waals surface area contributed by atoms with Gasteiger partial charge in [-0.25, -0.2) is 0 Å². The molecule has 0 aliphatic rings. The molecule has 0 aliphatic heterocycles. The second-order valence-corrected chi connectivity index (χ2v) is 5.63. The maximum atomic E-state index is 10.3. The number of aliphatic carboxylic acids is 1. The Morgan fingerprint density at radius 3 is 1.70 bits per heavy atom. The lowest BCUT2D eigenvalue weighted by atomic mass is 10.0. The van der Waals surface area contributed by atoms with E-state index in [4.69, 9.17) is 10.2 Å². The van der Waals surface area contributed by atoms with Crippen molar-refractivity contribution in [2.24, 2.45) is 0 Å². The molecule has 0 amide bonds. The van der Waals surface area contributed by atoms with Gasteiger partial charge in [0, 0.05) is 13.0 Å². The third-order valence-corrected chi connectivity index (χ3v) is 3.62. The summed E-state index contributed by atoms with van der Waals surface area (Å²) in [5, 5.41) is 26.9. The fourth-order valence-corrected chi connectivity index (χ4v) is 2.35. The van der Waals surface area contributed by atoms with Gasteiger partial charge in [0.2, 0.25) is 0 Å². The number of rotatable bonds is 15.